The molecule has 0 fully saturated rings. The Hall–Kier alpha value is -2.33. The summed E-state index contributed by atoms with van der Waals surface area (Å²) >= 11 is 1.62. The summed E-state index contributed by atoms with van der Waals surface area (Å²) in [6.07, 6.45) is 0. The number of fused-ring (bicyclic) bond motifs is 1. The number of carbonyl (C=O) groups excluding carboxylic acids is 1. The van der Waals surface area contributed by atoms with Crippen molar-refractivity contribution in [3.8, 4) is 0 Å². The Balaban J connectivity index is 1.61. The average Bonchev–Trinajstić information content (AvgIpc) is 2.96. The molecule has 0 spiro atoms. The molecule has 3 aromatic rings. The Labute approximate surface area is 155 Å². The zero-order valence-electron chi connectivity index (χ0n) is 14.1. The molecule has 0 saturated carbocycles. The number of amides is 1. The first-order chi connectivity index (χ1) is 12.3. The number of hydrogen-bond acceptors (Lipinski definition) is 5. The molecule has 0 aliphatic heterocycles. The number of sulfonamides is 1. The topological polar surface area (TPSA) is 107 Å². The number of nitrogens with zero attached hydrogens (tertiary/aromatic N) is 1. The lowest BCUT2D eigenvalue weighted by molar-refractivity contribution is -0.885. The van der Waals surface area contributed by atoms with E-state index in [2.05, 4.69) is 10.3 Å². The second-order valence-corrected chi connectivity index (χ2v) is 8.68. The number of primary sulfonamides is 1. The van der Waals surface area contributed by atoms with Gasteiger partial charge in [-0.05, 0) is 30.3 Å². The summed E-state index contributed by atoms with van der Waals surface area (Å²) in [7, 11) is -1.89. The SMILES string of the molecule is C[NH+](CC(=O)Nc1cccc(S(N)(=O)=O)c1)Cc1nc2ccccc2s1. The Morgan fingerprint density at radius 3 is 2.73 bits per heavy atom. The zero-order valence-corrected chi connectivity index (χ0v) is 15.7. The molecule has 0 aliphatic carbocycles. The van der Waals surface area contributed by atoms with Crippen molar-refractivity contribution in [2.75, 3.05) is 18.9 Å². The van der Waals surface area contributed by atoms with E-state index in [1.54, 1.807) is 17.4 Å². The van der Waals surface area contributed by atoms with Crippen LogP contribution in [0.2, 0.25) is 0 Å². The summed E-state index contributed by atoms with van der Waals surface area (Å²) in [6, 6.07) is 13.8. The molecule has 9 heteroatoms. The van der Waals surface area contributed by atoms with Crippen LogP contribution in [0.25, 0.3) is 10.2 Å². The molecule has 0 bridgehead atoms. The fourth-order valence-corrected chi connectivity index (χ4v) is 4.19. The van der Waals surface area contributed by atoms with Gasteiger partial charge in [0, 0.05) is 5.69 Å². The molecule has 0 saturated heterocycles. The number of likely N-dealkylation sites (N-methyl/N-ethyl adjacent to an activating group) is 1. The number of carbonyl (C=O) groups is 1. The molecule has 1 heterocycles. The van der Waals surface area contributed by atoms with Gasteiger partial charge in [-0.3, -0.25) is 4.79 Å². The van der Waals surface area contributed by atoms with Gasteiger partial charge >= 0.3 is 0 Å². The third kappa shape index (κ3) is 4.64. The summed E-state index contributed by atoms with van der Waals surface area (Å²) in [5, 5.41) is 8.77. The number of thiazole rings is 1. The normalized spacial score (nSPS) is 12.8. The highest BCUT2D eigenvalue weighted by Gasteiger charge is 2.15. The second-order valence-electron chi connectivity index (χ2n) is 6.01. The second kappa shape index (κ2) is 7.50. The molecule has 0 aliphatic rings. The number of hydrogen-bond donors (Lipinski definition) is 3. The molecule has 1 amide bonds. The Morgan fingerprint density at radius 1 is 1.23 bits per heavy atom. The highest BCUT2D eigenvalue weighted by molar-refractivity contribution is 7.89. The smallest absolute Gasteiger partial charge is 0.279 e. The first-order valence-corrected chi connectivity index (χ1v) is 10.3. The number of nitrogens with one attached hydrogen (secondary N) is 2. The van der Waals surface area contributed by atoms with E-state index >= 15 is 0 Å². The van der Waals surface area contributed by atoms with Crippen molar-refractivity contribution in [2.45, 2.75) is 11.4 Å². The molecule has 1 atom stereocenters. The van der Waals surface area contributed by atoms with Crippen LogP contribution in [0.5, 0.6) is 0 Å². The summed E-state index contributed by atoms with van der Waals surface area (Å²) in [4.78, 5) is 17.7. The molecule has 1 unspecified atom stereocenters. The Kier molecular flexibility index (Phi) is 5.33. The molecule has 1 aromatic heterocycles. The molecule has 4 N–H and O–H groups in total. The van der Waals surface area contributed by atoms with Crippen molar-refractivity contribution in [3.05, 3.63) is 53.5 Å². The van der Waals surface area contributed by atoms with E-state index < -0.39 is 10.0 Å². The van der Waals surface area contributed by atoms with Gasteiger partial charge in [0.2, 0.25) is 10.0 Å². The number of aromatic nitrogens is 1. The lowest BCUT2D eigenvalue weighted by atomic mass is 10.3. The van der Waals surface area contributed by atoms with Gasteiger partial charge in [-0.25, -0.2) is 18.5 Å². The van der Waals surface area contributed by atoms with Crippen LogP contribution in [-0.2, 0) is 21.4 Å². The largest absolute Gasteiger partial charge is 0.324 e. The number of benzene rings is 2. The minimum atomic E-state index is -3.80. The monoisotopic (exact) mass is 391 g/mol. The van der Waals surface area contributed by atoms with Crippen molar-refractivity contribution in [1.29, 1.82) is 0 Å². The van der Waals surface area contributed by atoms with Crippen molar-refractivity contribution in [1.82, 2.24) is 4.98 Å². The average molecular weight is 391 g/mol. The number of quaternary nitrogens is 1. The van der Waals surface area contributed by atoms with Gasteiger partial charge in [0.25, 0.3) is 5.91 Å². The van der Waals surface area contributed by atoms with Crippen LogP contribution in [0.4, 0.5) is 5.69 Å². The van der Waals surface area contributed by atoms with Gasteiger partial charge < -0.3 is 10.2 Å². The maximum atomic E-state index is 12.2. The van der Waals surface area contributed by atoms with Crippen molar-refractivity contribution in [2.24, 2.45) is 5.14 Å². The highest BCUT2D eigenvalue weighted by atomic mass is 32.2. The van der Waals surface area contributed by atoms with Crippen LogP contribution >= 0.6 is 11.3 Å². The fraction of sp³-hybridized carbons (Fsp3) is 0.176. The predicted molar refractivity (Wildman–Crippen MR) is 102 cm³/mol. The Morgan fingerprint density at radius 2 is 2.00 bits per heavy atom. The lowest BCUT2D eigenvalue weighted by Gasteiger charge is -2.12. The van der Waals surface area contributed by atoms with E-state index in [1.807, 2.05) is 31.3 Å². The van der Waals surface area contributed by atoms with E-state index in [1.165, 1.54) is 18.2 Å². The highest BCUT2D eigenvalue weighted by Crippen LogP contribution is 2.20. The van der Waals surface area contributed by atoms with E-state index in [9.17, 15) is 13.2 Å². The minimum Gasteiger partial charge on any atom is -0.324 e. The zero-order chi connectivity index (χ0) is 18.7. The maximum absolute atomic E-state index is 12.2. The minimum absolute atomic E-state index is 0.0366. The van der Waals surface area contributed by atoms with Crippen LogP contribution in [0.3, 0.4) is 0 Å². The number of rotatable bonds is 6. The van der Waals surface area contributed by atoms with Gasteiger partial charge in [0.1, 0.15) is 11.6 Å². The molecule has 3 rings (SSSR count). The van der Waals surface area contributed by atoms with Gasteiger partial charge in [-0.15, -0.1) is 11.3 Å². The van der Waals surface area contributed by atoms with E-state index in [0.717, 1.165) is 20.1 Å². The van der Waals surface area contributed by atoms with Crippen molar-refractivity contribution in [3.63, 3.8) is 0 Å². The number of anilines is 1. The van der Waals surface area contributed by atoms with Crippen LogP contribution in [0.1, 0.15) is 5.01 Å². The third-order valence-electron chi connectivity index (χ3n) is 3.70. The first-order valence-electron chi connectivity index (χ1n) is 7.90. The lowest BCUT2D eigenvalue weighted by Crippen LogP contribution is -3.08. The summed E-state index contributed by atoms with van der Waals surface area (Å²) < 4.78 is 23.9. The van der Waals surface area contributed by atoms with Gasteiger partial charge in [-0.1, -0.05) is 18.2 Å². The molecular weight excluding hydrogens is 372 g/mol. The number of nitrogens with two attached hydrogens (primary N) is 1. The molecule has 2 aromatic carbocycles. The molecular formula is C17H19N4O3S2+. The Bertz CT molecular complexity index is 1010. The first kappa shape index (κ1) is 18.5. The van der Waals surface area contributed by atoms with Gasteiger partial charge in [-0.2, -0.15) is 0 Å². The summed E-state index contributed by atoms with van der Waals surface area (Å²) in [5.74, 6) is -0.213. The maximum Gasteiger partial charge on any atom is 0.279 e. The van der Waals surface area contributed by atoms with Gasteiger partial charge in [0.05, 0.1) is 22.2 Å². The van der Waals surface area contributed by atoms with Crippen molar-refractivity contribution >= 4 is 43.2 Å². The predicted octanol–water partition coefficient (Wildman–Crippen LogP) is 0.597. The quantitative estimate of drug-likeness (QED) is 0.572. The van der Waals surface area contributed by atoms with E-state index in [0.29, 0.717) is 12.2 Å². The summed E-state index contributed by atoms with van der Waals surface area (Å²) in [5.41, 5.74) is 1.36. The molecule has 26 heavy (non-hydrogen) atoms. The van der Waals surface area contributed by atoms with Crippen LogP contribution in [0, 0.1) is 0 Å². The number of para-hydroxylation sites is 1. The third-order valence-corrected chi connectivity index (χ3v) is 5.65. The molecule has 0 radical (unpaired) electrons. The fourth-order valence-electron chi connectivity index (χ4n) is 2.55. The van der Waals surface area contributed by atoms with Crippen LogP contribution < -0.4 is 15.4 Å². The van der Waals surface area contributed by atoms with Crippen LogP contribution in [0.15, 0.2) is 53.4 Å². The van der Waals surface area contributed by atoms with E-state index in [4.69, 9.17) is 5.14 Å². The van der Waals surface area contributed by atoms with E-state index in [-0.39, 0.29) is 17.3 Å². The molecule has 136 valence electrons. The summed E-state index contributed by atoms with van der Waals surface area (Å²) in [6.45, 7) is 0.861. The molecule has 7 nitrogen and oxygen atoms in total. The van der Waals surface area contributed by atoms with Crippen LogP contribution in [-0.4, -0.2) is 32.9 Å². The standard InChI is InChI=1S/C17H18N4O3S2/c1-21(11-17-20-14-7-2-3-8-15(14)25-17)10-16(22)19-12-5-4-6-13(9-12)26(18,23)24/h2-9H,10-11H2,1H3,(H,19,22)(H2,18,23,24)/p+1. The van der Waals surface area contributed by atoms with Gasteiger partial charge in [0.15, 0.2) is 6.54 Å². The van der Waals surface area contributed by atoms with Crippen molar-refractivity contribution < 1.29 is 18.1 Å².